The molecule has 6 nitrogen and oxygen atoms in total. The number of aromatic nitrogens is 1. The first-order chi connectivity index (χ1) is 11.3. The largest absolute Gasteiger partial charge is 0.381 e. The number of amides is 1. The minimum atomic E-state index is 0.0435. The average molecular weight is 317 g/mol. The van der Waals surface area contributed by atoms with Gasteiger partial charge in [0.05, 0.1) is 31.3 Å². The Kier molecular flexibility index (Phi) is 4.29. The van der Waals surface area contributed by atoms with E-state index in [-0.39, 0.29) is 24.0 Å². The van der Waals surface area contributed by atoms with E-state index in [4.69, 9.17) is 9.47 Å². The molecular formula is C17H23N3O3. The number of fused-ring (bicyclic) bond motifs is 1. The van der Waals surface area contributed by atoms with Crippen molar-refractivity contribution in [3.05, 3.63) is 30.1 Å². The molecule has 1 aromatic heterocycles. The van der Waals surface area contributed by atoms with Crippen LogP contribution in [0.2, 0.25) is 0 Å². The highest BCUT2D eigenvalue weighted by molar-refractivity contribution is 5.79. The van der Waals surface area contributed by atoms with Gasteiger partial charge in [-0.05, 0) is 18.1 Å². The van der Waals surface area contributed by atoms with Crippen molar-refractivity contribution in [2.75, 3.05) is 39.5 Å². The van der Waals surface area contributed by atoms with E-state index >= 15 is 0 Å². The third kappa shape index (κ3) is 3.11. The number of carbonyl (C=O) groups excluding carboxylic acids is 1. The summed E-state index contributed by atoms with van der Waals surface area (Å²) in [6.07, 6.45) is 4.70. The fourth-order valence-corrected chi connectivity index (χ4v) is 3.85. The average Bonchev–Trinajstić information content (AvgIpc) is 3.25. The second kappa shape index (κ2) is 6.55. The Balaban J connectivity index is 1.42. The maximum Gasteiger partial charge on any atom is 0.228 e. The number of likely N-dealkylation sites (tertiary alicyclic amines) is 1. The molecule has 3 atom stereocenters. The molecule has 23 heavy (non-hydrogen) atoms. The number of ether oxygens (including phenoxy) is 2. The standard InChI is InChI=1S/C17H23N3O3/c21-17(14-3-6-22-12-14)20-10-15-16(11-20)23-7-5-19(15)9-13-2-1-4-18-8-13/h1-2,4,8,14-16H,3,5-7,9-12H2/t14?,15-,16+/m1/s1. The van der Waals surface area contributed by atoms with Crippen molar-refractivity contribution in [1.29, 1.82) is 0 Å². The number of pyridine rings is 1. The van der Waals surface area contributed by atoms with E-state index in [9.17, 15) is 4.79 Å². The van der Waals surface area contributed by atoms with E-state index in [1.807, 2.05) is 17.2 Å². The first-order valence-electron chi connectivity index (χ1n) is 8.42. The lowest BCUT2D eigenvalue weighted by atomic mass is 10.1. The molecule has 0 spiro atoms. The van der Waals surface area contributed by atoms with Crippen LogP contribution in [0.25, 0.3) is 0 Å². The Morgan fingerprint density at radius 2 is 2.30 bits per heavy atom. The SMILES string of the molecule is O=C(C1CCOC1)N1C[C@@H]2OCCN(Cc3cccnc3)[C@@H]2C1. The van der Waals surface area contributed by atoms with E-state index in [1.165, 1.54) is 5.56 Å². The predicted octanol–water partition coefficient (Wildman–Crippen LogP) is 0.530. The van der Waals surface area contributed by atoms with Crippen LogP contribution in [-0.2, 0) is 20.8 Å². The van der Waals surface area contributed by atoms with Crippen molar-refractivity contribution in [3.63, 3.8) is 0 Å². The van der Waals surface area contributed by atoms with Gasteiger partial charge in [-0.1, -0.05) is 6.07 Å². The smallest absolute Gasteiger partial charge is 0.228 e. The summed E-state index contributed by atoms with van der Waals surface area (Å²) < 4.78 is 11.3. The summed E-state index contributed by atoms with van der Waals surface area (Å²) in [6.45, 7) is 5.27. The van der Waals surface area contributed by atoms with Crippen LogP contribution in [0.1, 0.15) is 12.0 Å². The van der Waals surface area contributed by atoms with Gasteiger partial charge in [0, 0.05) is 45.2 Å². The van der Waals surface area contributed by atoms with Crippen LogP contribution in [0.4, 0.5) is 0 Å². The van der Waals surface area contributed by atoms with Crippen LogP contribution < -0.4 is 0 Å². The Labute approximate surface area is 136 Å². The van der Waals surface area contributed by atoms with Crippen LogP contribution in [0, 0.1) is 5.92 Å². The lowest BCUT2D eigenvalue weighted by Gasteiger charge is -2.36. The molecule has 0 bridgehead atoms. The van der Waals surface area contributed by atoms with Crippen LogP contribution in [-0.4, -0.2) is 72.3 Å². The zero-order valence-electron chi connectivity index (χ0n) is 13.3. The zero-order valence-corrected chi connectivity index (χ0v) is 13.3. The van der Waals surface area contributed by atoms with Crippen molar-refractivity contribution in [1.82, 2.24) is 14.8 Å². The first-order valence-corrected chi connectivity index (χ1v) is 8.42. The Hall–Kier alpha value is -1.50. The highest BCUT2D eigenvalue weighted by Gasteiger charge is 2.43. The van der Waals surface area contributed by atoms with Crippen molar-refractivity contribution in [2.24, 2.45) is 5.92 Å². The highest BCUT2D eigenvalue weighted by Crippen LogP contribution is 2.27. The number of rotatable bonds is 3. The van der Waals surface area contributed by atoms with Crippen LogP contribution >= 0.6 is 0 Å². The molecule has 3 saturated heterocycles. The first kappa shape index (κ1) is 15.1. The number of hydrogen-bond acceptors (Lipinski definition) is 5. The van der Waals surface area contributed by atoms with Gasteiger partial charge in [-0.2, -0.15) is 0 Å². The van der Waals surface area contributed by atoms with Gasteiger partial charge in [-0.3, -0.25) is 14.7 Å². The summed E-state index contributed by atoms with van der Waals surface area (Å²) in [5.74, 6) is 0.281. The molecule has 3 fully saturated rings. The van der Waals surface area contributed by atoms with Gasteiger partial charge in [-0.25, -0.2) is 0 Å². The monoisotopic (exact) mass is 317 g/mol. The van der Waals surface area contributed by atoms with Gasteiger partial charge in [0.25, 0.3) is 0 Å². The normalized spacial score (nSPS) is 31.3. The lowest BCUT2D eigenvalue weighted by molar-refractivity contribution is -0.134. The highest BCUT2D eigenvalue weighted by atomic mass is 16.5. The summed E-state index contributed by atoms with van der Waals surface area (Å²) >= 11 is 0. The van der Waals surface area contributed by atoms with Crippen LogP contribution in [0.15, 0.2) is 24.5 Å². The molecule has 124 valence electrons. The molecule has 0 aliphatic carbocycles. The van der Waals surface area contributed by atoms with E-state index in [0.717, 1.165) is 32.7 Å². The fourth-order valence-electron chi connectivity index (χ4n) is 3.85. The molecule has 1 unspecified atom stereocenters. The second-order valence-corrected chi connectivity index (χ2v) is 6.61. The third-order valence-electron chi connectivity index (χ3n) is 5.12. The van der Waals surface area contributed by atoms with Gasteiger partial charge in [-0.15, -0.1) is 0 Å². The topological polar surface area (TPSA) is 54.9 Å². The molecule has 0 aromatic carbocycles. The number of nitrogens with zero attached hydrogens (tertiary/aromatic N) is 3. The predicted molar refractivity (Wildman–Crippen MR) is 83.7 cm³/mol. The molecule has 0 radical (unpaired) electrons. The Morgan fingerprint density at radius 1 is 1.35 bits per heavy atom. The van der Waals surface area contributed by atoms with E-state index in [2.05, 4.69) is 16.0 Å². The molecule has 3 aliphatic rings. The van der Waals surface area contributed by atoms with Crippen molar-refractivity contribution in [2.45, 2.75) is 25.1 Å². The van der Waals surface area contributed by atoms with Gasteiger partial charge in [0.15, 0.2) is 0 Å². The molecule has 3 aliphatic heterocycles. The lowest BCUT2D eigenvalue weighted by Crippen LogP contribution is -2.50. The maximum absolute atomic E-state index is 12.6. The maximum atomic E-state index is 12.6. The number of carbonyl (C=O) groups is 1. The summed E-state index contributed by atoms with van der Waals surface area (Å²) in [5.41, 5.74) is 1.21. The number of morpholine rings is 1. The van der Waals surface area contributed by atoms with Crippen LogP contribution in [0.3, 0.4) is 0 Å². The molecule has 0 N–H and O–H groups in total. The molecule has 6 heteroatoms. The number of hydrogen-bond donors (Lipinski definition) is 0. The molecule has 4 heterocycles. The molecule has 4 rings (SSSR count). The van der Waals surface area contributed by atoms with Gasteiger partial charge in [0.1, 0.15) is 0 Å². The van der Waals surface area contributed by atoms with Gasteiger partial charge < -0.3 is 14.4 Å². The van der Waals surface area contributed by atoms with E-state index in [0.29, 0.717) is 19.8 Å². The van der Waals surface area contributed by atoms with Crippen molar-refractivity contribution < 1.29 is 14.3 Å². The minimum absolute atomic E-state index is 0.0435. The van der Waals surface area contributed by atoms with Crippen LogP contribution in [0.5, 0.6) is 0 Å². The fraction of sp³-hybridized carbons (Fsp3) is 0.647. The van der Waals surface area contributed by atoms with Gasteiger partial charge >= 0.3 is 0 Å². The molecular weight excluding hydrogens is 294 g/mol. The van der Waals surface area contributed by atoms with Gasteiger partial charge in [0.2, 0.25) is 5.91 Å². The Bertz CT molecular complexity index is 547. The van der Waals surface area contributed by atoms with E-state index < -0.39 is 0 Å². The summed E-state index contributed by atoms with van der Waals surface area (Å²) in [6, 6.07) is 4.36. The molecule has 0 saturated carbocycles. The Morgan fingerprint density at radius 3 is 3.09 bits per heavy atom. The molecule has 1 amide bonds. The third-order valence-corrected chi connectivity index (χ3v) is 5.12. The quantitative estimate of drug-likeness (QED) is 0.814. The summed E-state index contributed by atoms with van der Waals surface area (Å²) in [7, 11) is 0. The zero-order chi connectivity index (χ0) is 15.6. The van der Waals surface area contributed by atoms with E-state index in [1.54, 1.807) is 6.20 Å². The van der Waals surface area contributed by atoms with Crippen molar-refractivity contribution >= 4 is 5.91 Å². The molecule has 1 aromatic rings. The second-order valence-electron chi connectivity index (χ2n) is 6.61. The summed E-state index contributed by atoms with van der Waals surface area (Å²) in [4.78, 5) is 21.2. The van der Waals surface area contributed by atoms with Crippen molar-refractivity contribution in [3.8, 4) is 0 Å². The summed E-state index contributed by atoms with van der Waals surface area (Å²) in [5, 5.41) is 0. The minimum Gasteiger partial charge on any atom is -0.381 e.